The van der Waals surface area contributed by atoms with Crippen molar-refractivity contribution in [1.29, 1.82) is 0 Å². The van der Waals surface area contributed by atoms with Gasteiger partial charge in [0.25, 0.3) is 0 Å². The van der Waals surface area contributed by atoms with Gasteiger partial charge in [-0.15, -0.1) is 0 Å². The molecule has 0 bridgehead atoms. The second-order valence-electron chi connectivity index (χ2n) is 8.98. The molecular formula is C26H24N5O5S-. The van der Waals surface area contributed by atoms with Gasteiger partial charge in [0.2, 0.25) is 5.91 Å². The summed E-state index contributed by atoms with van der Waals surface area (Å²) in [6, 6.07) is 10.7. The molecule has 37 heavy (non-hydrogen) atoms. The van der Waals surface area contributed by atoms with Crippen LogP contribution in [0.2, 0.25) is 0 Å². The molecule has 10 nitrogen and oxygen atoms in total. The predicted molar refractivity (Wildman–Crippen MR) is 137 cm³/mol. The van der Waals surface area contributed by atoms with E-state index in [9.17, 15) is 23.5 Å². The van der Waals surface area contributed by atoms with E-state index in [1.54, 1.807) is 12.3 Å². The minimum absolute atomic E-state index is 0.0320. The number of fused-ring (bicyclic) bond motifs is 1. The summed E-state index contributed by atoms with van der Waals surface area (Å²) in [5, 5.41) is 9.46. The number of carbonyl (C=O) groups excluding carboxylic acids is 1. The molecule has 0 radical (unpaired) electrons. The highest BCUT2D eigenvalue weighted by molar-refractivity contribution is 7.81. The van der Waals surface area contributed by atoms with Crippen molar-refractivity contribution >= 4 is 40.0 Å². The van der Waals surface area contributed by atoms with Crippen molar-refractivity contribution in [3.63, 3.8) is 0 Å². The average Bonchev–Trinajstić information content (AvgIpc) is 3.67. The van der Waals surface area contributed by atoms with Crippen molar-refractivity contribution in [3.05, 3.63) is 71.4 Å². The van der Waals surface area contributed by atoms with Crippen molar-refractivity contribution in [3.8, 4) is 11.1 Å². The van der Waals surface area contributed by atoms with E-state index in [0.717, 1.165) is 26.8 Å². The lowest BCUT2D eigenvalue weighted by atomic mass is 10.0. The van der Waals surface area contributed by atoms with Gasteiger partial charge in [0.1, 0.15) is 11.3 Å². The smallest absolute Gasteiger partial charge is 0.354 e. The quantitative estimate of drug-likeness (QED) is 0.349. The van der Waals surface area contributed by atoms with Gasteiger partial charge in [-0.25, -0.2) is 19.1 Å². The topological polar surface area (TPSA) is 141 Å². The van der Waals surface area contributed by atoms with Crippen LogP contribution in [0.4, 0.5) is 5.69 Å². The van der Waals surface area contributed by atoms with Gasteiger partial charge in [0, 0.05) is 24.1 Å². The van der Waals surface area contributed by atoms with Crippen molar-refractivity contribution in [2.75, 3.05) is 4.31 Å². The summed E-state index contributed by atoms with van der Waals surface area (Å²) >= 11 is -2.77. The molecule has 3 heterocycles. The Bertz CT molecular complexity index is 1550. The van der Waals surface area contributed by atoms with Crippen molar-refractivity contribution in [1.82, 2.24) is 19.5 Å². The van der Waals surface area contributed by atoms with Crippen LogP contribution in [0.15, 0.2) is 48.8 Å². The highest BCUT2D eigenvalue weighted by Gasteiger charge is 2.35. The number of carbonyl (C=O) groups is 2. The Morgan fingerprint density at radius 2 is 1.92 bits per heavy atom. The molecule has 11 heteroatoms. The lowest BCUT2D eigenvalue weighted by Gasteiger charge is -2.26. The Morgan fingerprint density at radius 3 is 2.54 bits per heavy atom. The second-order valence-corrected chi connectivity index (χ2v) is 9.78. The van der Waals surface area contributed by atoms with Crippen LogP contribution >= 0.6 is 0 Å². The van der Waals surface area contributed by atoms with Gasteiger partial charge in [-0.05, 0) is 48.6 Å². The number of amides is 1. The third kappa shape index (κ3) is 4.75. The number of aryl methyl sites for hydroxylation is 2. The normalized spacial score (nSPS) is 14.0. The summed E-state index contributed by atoms with van der Waals surface area (Å²) < 4.78 is 26.7. The first kappa shape index (κ1) is 24.7. The summed E-state index contributed by atoms with van der Waals surface area (Å²) in [5.41, 5.74) is 4.35. The Morgan fingerprint density at radius 1 is 1.19 bits per heavy atom. The van der Waals surface area contributed by atoms with E-state index in [4.69, 9.17) is 0 Å². The number of aromatic carboxylic acids is 1. The summed E-state index contributed by atoms with van der Waals surface area (Å²) in [6.07, 6.45) is 4.95. The fourth-order valence-corrected chi connectivity index (χ4v) is 4.97. The van der Waals surface area contributed by atoms with Crippen LogP contribution in [-0.4, -0.2) is 45.3 Å². The first-order valence-corrected chi connectivity index (χ1v) is 12.9. The zero-order valence-corrected chi connectivity index (χ0v) is 21.1. The number of hydrogen-bond donors (Lipinski definition) is 1. The molecule has 0 aliphatic heterocycles. The summed E-state index contributed by atoms with van der Waals surface area (Å²) in [6.45, 7) is 4.23. The van der Waals surface area contributed by atoms with E-state index in [1.807, 2.05) is 42.7 Å². The van der Waals surface area contributed by atoms with Crippen molar-refractivity contribution < 1.29 is 23.5 Å². The van der Waals surface area contributed by atoms with Gasteiger partial charge in [-0.2, -0.15) is 0 Å². The number of carboxylic acid groups (broad SMARTS) is 1. The third-order valence-electron chi connectivity index (χ3n) is 6.41. The van der Waals surface area contributed by atoms with Gasteiger partial charge in [0.05, 0.1) is 29.7 Å². The molecule has 1 N–H and O–H groups in total. The van der Waals surface area contributed by atoms with Crippen LogP contribution in [0.25, 0.3) is 22.3 Å². The molecule has 1 aliphatic carbocycles. The summed E-state index contributed by atoms with van der Waals surface area (Å²) in [4.78, 5) is 37.3. The van der Waals surface area contributed by atoms with E-state index < -0.39 is 23.1 Å². The van der Waals surface area contributed by atoms with Crippen molar-refractivity contribution in [2.45, 2.75) is 39.7 Å². The Labute approximate surface area is 215 Å². The SMILES string of the molecule is CCc1nc2c(C)cc(C(=O)O)nc2n1Cc1ccc(-c2ccncc2N(C(=O)C2CC2)S(=O)[O-])cc1. The van der Waals surface area contributed by atoms with Crippen LogP contribution in [-0.2, 0) is 29.0 Å². The maximum Gasteiger partial charge on any atom is 0.354 e. The van der Waals surface area contributed by atoms with Gasteiger partial charge >= 0.3 is 5.97 Å². The molecular weight excluding hydrogens is 494 g/mol. The standard InChI is InChI=1S/C26H25N5O5S/c1-3-22-29-23-15(2)12-20(26(33)34)28-24(23)30(22)14-16-4-6-17(7-5-16)19-10-11-27-13-21(19)31(37(35)36)25(32)18-8-9-18/h4-7,10-13,18H,3,8-9,14H2,1-2H3,(H,33,34)(H,35,36)/p-1. The monoisotopic (exact) mass is 518 g/mol. The summed E-state index contributed by atoms with van der Waals surface area (Å²) in [7, 11) is 0. The van der Waals surface area contributed by atoms with Crippen LogP contribution in [0.5, 0.6) is 0 Å². The van der Waals surface area contributed by atoms with Crippen LogP contribution in [0.1, 0.15) is 47.2 Å². The van der Waals surface area contributed by atoms with E-state index in [0.29, 0.717) is 42.5 Å². The van der Waals surface area contributed by atoms with Gasteiger partial charge in [-0.1, -0.05) is 31.2 Å². The number of nitrogens with zero attached hydrogens (tertiary/aromatic N) is 5. The maximum absolute atomic E-state index is 12.7. The third-order valence-corrected chi connectivity index (χ3v) is 7.08. The highest BCUT2D eigenvalue weighted by atomic mass is 32.2. The molecule has 1 saturated carbocycles. The number of aromatic nitrogens is 4. The maximum atomic E-state index is 12.7. The predicted octanol–water partition coefficient (Wildman–Crippen LogP) is 3.65. The van der Waals surface area contributed by atoms with Crippen LogP contribution in [0.3, 0.4) is 0 Å². The molecule has 0 saturated heterocycles. The summed E-state index contributed by atoms with van der Waals surface area (Å²) in [5.74, 6) is -1.02. The molecule has 1 amide bonds. The number of rotatable bonds is 8. The number of imidazole rings is 1. The van der Waals surface area contributed by atoms with Crippen LogP contribution < -0.4 is 4.31 Å². The fourth-order valence-electron chi connectivity index (χ4n) is 4.37. The molecule has 4 aromatic rings. The molecule has 1 fully saturated rings. The molecule has 3 aromatic heterocycles. The average molecular weight is 519 g/mol. The van der Waals surface area contributed by atoms with Crippen LogP contribution in [0, 0.1) is 12.8 Å². The number of carboxylic acids is 1. The van der Waals surface area contributed by atoms with Crippen molar-refractivity contribution in [2.24, 2.45) is 5.92 Å². The largest absolute Gasteiger partial charge is 0.755 e. The number of hydrogen-bond acceptors (Lipinski definition) is 7. The molecule has 1 unspecified atom stereocenters. The Hall–Kier alpha value is -3.96. The fraction of sp³-hybridized carbons (Fsp3) is 0.269. The molecule has 1 aliphatic rings. The molecule has 190 valence electrons. The lowest BCUT2D eigenvalue weighted by molar-refractivity contribution is -0.118. The Kier molecular flexibility index (Phi) is 6.57. The number of benzene rings is 1. The van der Waals surface area contributed by atoms with E-state index >= 15 is 0 Å². The zero-order chi connectivity index (χ0) is 26.3. The Balaban J connectivity index is 1.49. The van der Waals surface area contributed by atoms with Gasteiger partial charge in [0.15, 0.2) is 11.3 Å². The number of pyridine rings is 2. The molecule has 5 rings (SSSR count). The number of anilines is 1. The zero-order valence-electron chi connectivity index (χ0n) is 20.2. The van der Waals surface area contributed by atoms with Gasteiger partial charge < -0.3 is 14.2 Å². The molecule has 1 aromatic carbocycles. The minimum Gasteiger partial charge on any atom is -0.755 e. The molecule has 1 atom stereocenters. The first-order valence-electron chi connectivity index (χ1n) is 11.8. The second kappa shape index (κ2) is 9.83. The first-order chi connectivity index (χ1) is 17.8. The van der Waals surface area contributed by atoms with E-state index in [1.165, 1.54) is 12.3 Å². The lowest BCUT2D eigenvalue weighted by Crippen LogP contribution is -2.34. The van der Waals surface area contributed by atoms with E-state index in [-0.39, 0.29) is 17.3 Å². The van der Waals surface area contributed by atoms with E-state index in [2.05, 4.69) is 15.0 Å². The van der Waals surface area contributed by atoms with Gasteiger partial charge in [-0.3, -0.25) is 14.0 Å². The molecule has 0 spiro atoms. The highest BCUT2D eigenvalue weighted by Crippen LogP contribution is 2.37. The minimum atomic E-state index is -2.77.